The molecule has 30 heavy (non-hydrogen) atoms. The monoisotopic (exact) mass is 405 g/mol. The molecule has 0 bridgehead atoms. The zero-order valence-electron chi connectivity index (χ0n) is 17.3. The molecule has 7 nitrogen and oxygen atoms in total. The Kier molecular flexibility index (Phi) is 5.97. The Labute approximate surface area is 175 Å². The summed E-state index contributed by atoms with van der Waals surface area (Å²) in [5.74, 6) is 0.457. The van der Waals surface area contributed by atoms with E-state index in [4.69, 9.17) is 4.98 Å². The van der Waals surface area contributed by atoms with Gasteiger partial charge in [-0.25, -0.2) is 9.78 Å². The Balaban J connectivity index is 1.62. The summed E-state index contributed by atoms with van der Waals surface area (Å²) in [7, 11) is 0. The molecule has 0 saturated carbocycles. The van der Waals surface area contributed by atoms with Crippen LogP contribution in [0.2, 0.25) is 0 Å². The number of anilines is 1. The second-order valence-corrected chi connectivity index (χ2v) is 7.51. The summed E-state index contributed by atoms with van der Waals surface area (Å²) in [6.45, 7) is 5.52. The summed E-state index contributed by atoms with van der Waals surface area (Å²) in [5.41, 5.74) is 2.60. The summed E-state index contributed by atoms with van der Waals surface area (Å²) in [6, 6.07) is 17.7. The van der Waals surface area contributed by atoms with E-state index in [0.29, 0.717) is 45.1 Å². The van der Waals surface area contributed by atoms with Gasteiger partial charge in [0.2, 0.25) is 0 Å². The van der Waals surface area contributed by atoms with Crippen molar-refractivity contribution in [1.29, 1.82) is 0 Å². The second kappa shape index (κ2) is 8.98. The fourth-order valence-corrected chi connectivity index (χ4v) is 3.77. The summed E-state index contributed by atoms with van der Waals surface area (Å²) < 4.78 is 1.80. The molecule has 0 unspecified atom stereocenters. The van der Waals surface area contributed by atoms with Gasteiger partial charge in [0, 0.05) is 32.7 Å². The van der Waals surface area contributed by atoms with Crippen LogP contribution in [-0.4, -0.2) is 53.2 Å². The van der Waals surface area contributed by atoms with Crippen LogP contribution in [0, 0.1) is 0 Å². The van der Waals surface area contributed by atoms with E-state index in [9.17, 15) is 9.59 Å². The van der Waals surface area contributed by atoms with Crippen LogP contribution in [-0.2, 0) is 6.54 Å². The Morgan fingerprint density at radius 2 is 1.70 bits per heavy atom. The normalized spacial score (nSPS) is 14.2. The van der Waals surface area contributed by atoms with Crippen LogP contribution >= 0.6 is 0 Å². The van der Waals surface area contributed by atoms with Crippen LogP contribution in [0.4, 0.5) is 10.6 Å². The molecule has 2 heterocycles. The van der Waals surface area contributed by atoms with E-state index in [0.717, 1.165) is 23.0 Å². The number of urea groups is 1. The quantitative estimate of drug-likeness (QED) is 0.709. The zero-order chi connectivity index (χ0) is 20.9. The third kappa shape index (κ3) is 4.15. The van der Waals surface area contributed by atoms with Crippen LogP contribution < -0.4 is 15.8 Å². The Morgan fingerprint density at radius 1 is 1.00 bits per heavy atom. The van der Waals surface area contributed by atoms with E-state index in [1.54, 1.807) is 9.47 Å². The van der Waals surface area contributed by atoms with E-state index in [2.05, 4.69) is 5.32 Å². The molecule has 3 aromatic rings. The van der Waals surface area contributed by atoms with Crippen LogP contribution in [0.15, 0.2) is 59.4 Å². The molecule has 0 radical (unpaired) electrons. The van der Waals surface area contributed by atoms with Crippen molar-refractivity contribution in [2.75, 3.05) is 37.6 Å². The van der Waals surface area contributed by atoms with Crippen molar-refractivity contribution < 1.29 is 4.79 Å². The third-order valence-electron chi connectivity index (χ3n) is 5.41. The van der Waals surface area contributed by atoms with Gasteiger partial charge < -0.3 is 15.1 Å². The SMILES string of the molecule is CCCNC(=O)N1CCN(c2nc3ccccc3n(Cc3ccccc3)c2=O)CC1. The summed E-state index contributed by atoms with van der Waals surface area (Å²) in [6.07, 6.45) is 0.910. The molecule has 2 amide bonds. The van der Waals surface area contributed by atoms with E-state index in [1.165, 1.54) is 0 Å². The van der Waals surface area contributed by atoms with Gasteiger partial charge in [0.15, 0.2) is 5.82 Å². The van der Waals surface area contributed by atoms with E-state index >= 15 is 0 Å². The number of hydrogen-bond donors (Lipinski definition) is 1. The van der Waals surface area contributed by atoms with Crippen LogP contribution in [0.3, 0.4) is 0 Å². The molecule has 1 fully saturated rings. The Hall–Kier alpha value is -3.35. The van der Waals surface area contributed by atoms with Crippen LogP contribution in [0.25, 0.3) is 11.0 Å². The lowest BCUT2D eigenvalue weighted by atomic mass is 10.2. The molecular weight excluding hydrogens is 378 g/mol. The lowest BCUT2D eigenvalue weighted by Gasteiger charge is -2.35. The number of rotatable bonds is 5. The minimum atomic E-state index is -0.0959. The third-order valence-corrected chi connectivity index (χ3v) is 5.41. The van der Waals surface area contributed by atoms with Crippen LogP contribution in [0.5, 0.6) is 0 Å². The molecular formula is C23H27N5O2. The number of carbonyl (C=O) groups is 1. The molecule has 0 spiro atoms. The highest BCUT2D eigenvalue weighted by atomic mass is 16.2. The number of amides is 2. The largest absolute Gasteiger partial charge is 0.348 e. The molecule has 1 aromatic heterocycles. The van der Waals surface area contributed by atoms with Gasteiger partial charge in [-0.15, -0.1) is 0 Å². The smallest absolute Gasteiger partial charge is 0.317 e. The first-order valence-corrected chi connectivity index (χ1v) is 10.5. The predicted molar refractivity (Wildman–Crippen MR) is 119 cm³/mol. The highest BCUT2D eigenvalue weighted by Crippen LogP contribution is 2.17. The second-order valence-electron chi connectivity index (χ2n) is 7.51. The van der Waals surface area contributed by atoms with Gasteiger partial charge in [-0.05, 0) is 24.1 Å². The highest BCUT2D eigenvalue weighted by Gasteiger charge is 2.24. The molecule has 4 rings (SSSR count). The van der Waals surface area contributed by atoms with E-state index < -0.39 is 0 Å². The minimum Gasteiger partial charge on any atom is -0.348 e. The maximum atomic E-state index is 13.4. The number of benzene rings is 2. The van der Waals surface area contributed by atoms with Crippen molar-refractivity contribution in [3.05, 3.63) is 70.5 Å². The summed E-state index contributed by atoms with van der Waals surface area (Å²) in [5, 5.41) is 2.92. The molecule has 1 N–H and O–H groups in total. The van der Waals surface area contributed by atoms with Crippen molar-refractivity contribution in [2.45, 2.75) is 19.9 Å². The van der Waals surface area contributed by atoms with Crippen molar-refractivity contribution >= 4 is 22.9 Å². The first-order valence-electron chi connectivity index (χ1n) is 10.5. The predicted octanol–water partition coefficient (Wildman–Crippen LogP) is 2.69. The van der Waals surface area contributed by atoms with Gasteiger partial charge in [-0.2, -0.15) is 0 Å². The van der Waals surface area contributed by atoms with E-state index in [-0.39, 0.29) is 11.6 Å². The number of piperazine rings is 1. The molecule has 1 aliphatic rings. The molecule has 2 aromatic carbocycles. The average molecular weight is 406 g/mol. The topological polar surface area (TPSA) is 70.5 Å². The molecule has 0 atom stereocenters. The van der Waals surface area contributed by atoms with Crippen molar-refractivity contribution in [3.8, 4) is 0 Å². The fourth-order valence-electron chi connectivity index (χ4n) is 3.77. The molecule has 1 saturated heterocycles. The number of fused-ring (bicyclic) bond motifs is 1. The maximum absolute atomic E-state index is 13.4. The number of nitrogens with one attached hydrogen (secondary N) is 1. The molecule has 7 heteroatoms. The zero-order valence-corrected chi connectivity index (χ0v) is 17.3. The number of para-hydroxylation sites is 2. The number of aromatic nitrogens is 2. The summed E-state index contributed by atoms with van der Waals surface area (Å²) in [4.78, 5) is 34.1. The first-order chi connectivity index (χ1) is 14.7. The molecule has 0 aliphatic carbocycles. The number of hydrogen-bond acceptors (Lipinski definition) is 4. The van der Waals surface area contributed by atoms with Gasteiger partial charge >= 0.3 is 6.03 Å². The van der Waals surface area contributed by atoms with Crippen LogP contribution in [0.1, 0.15) is 18.9 Å². The summed E-state index contributed by atoms with van der Waals surface area (Å²) >= 11 is 0. The van der Waals surface area contributed by atoms with Gasteiger partial charge in [-0.1, -0.05) is 49.4 Å². The lowest BCUT2D eigenvalue weighted by Crippen LogP contribution is -2.53. The van der Waals surface area contributed by atoms with Gasteiger partial charge in [0.05, 0.1) is 17.6 Å². The lowest BCUT2D eigenvalue weighted by molar-refractivity contribution is 0.194. The number of carbonyl (C=O) groups excluding carboxylic acids is 1. The average Bonchev–Trinajstić information content (AvgIpc) is 2.80. The van der Waals surface area contributed by atoms with E-state index in [1.807, 2.05) is 66.4 Å². The van der Waals surface area contributed by atoms with Crippen molar-refractivity contribution in [2.24, 2.45) is 0 Å². The molecule has 156 valence electrons. The van der Waals surface area contributed by atoms with Gasteiger partial charge in [-0.3, -0.25) is 9.36 Å². The van der Waals surface area contributed by atoms with Crippen molar-refractivity contribution in [3.63, 3.8) is 0 Å². The standard InChI is InChI=1S/C23H27N5O2/c1-2-12-24-23(30)27-15-13-26(14-16-27)21-22(29)28(17-18-8-4-3-5-9-18)20-11-7-6-10-19(20)25-21/h3-11H,2,12-17H2,1H3,(H,24,30). The molecule has 1 aliphatic heterocycles. The van der Waals surface area contributed by atoms with Gasteiger partial charge in [0.25, 0.3) is 5.56 Å². The highest BCUT2D eigenvalue weighted by molar-refractivity contribution is 5.77. The van der Waals surface area contributed by atoms with Crippen molar-refractivity contribution in [1.82, 2.24) is 19.8 Å². The van der Waals surface area contributed by atoms with Gasteiger partial charge in [0.1, 0.15) is 0 Å². The maximum Gasteiger partial charge on any atom is 0.317 e. The fraction of sp³-hybridized carbons (Fsp3) is 0.348. The minimum absolute atomic E-state index is 0.0375. The Morgan fingerprint density at radius 3 is 2.43 bits per heavy atom. The first kappa shape index (κ1) is 19.9. The number of nitrogens with zero attached hydrogens (tertiary/aromatic N) is 4. The Bertz CT molecular complexity index is 1070.